The average molecular weight is 362 g/mol. The highest BCUT2D eigenvalue weighted by molar-refractivity contribution is 7.89. The first kappa shape index (κ1) is 19.9. The van der Waals surface area contributed by atoms with Crippen LogP contribution < -0.4 is 15.4 Å². The van der Waals surface area contributed by atoms with E-state index < -0.39 is 10.0 Å². The summed E-state index contributed by atoms with van der Waals surface area (Å²) < 4.78 is 26.4. The van der Waals surface area contributed by atoms with Crippen molar-refractivity contribution in [3.05, 3.63) is 24.3 Å². The van der Waals surface area contributed by atoms with Gasteiger partial charge in [0.15, 0.2) is 0 Å². The van der Waals surface area contributed by atoms with Crippen LogP contribution in [0.25, 0.3) is 0 Å². The smallest absolute Gasteiger partial charge is 0.240 e. The van der Waals surface area contributed by atoms with Crippen molar-refractivity contribution in [2.75, 3.05) is 25.0 Å². The lowest BCUT2D eigenvalue weighted by molar-refractivity contribution is -0.115. The number of halogens is 1. The summed E-state index contributed by atoms with van der Waals surface area (Å²) in [5.74, 6) is 0.605. The summed E-state index contributed by atoms with van der Waals surface area (Å²) in [4.78, 5) is 11.9. The van der Waals surface area contributed by atoms with Gasteiger partial charge in [0.25, 0.3) is 0 Å². The molecule has 1 aromatic carbocycles. The minimum atomic E-state index is -3.46. The van der Waals surface area contributed by atoms with E-state index in [0.717, 1.165) is 18.9 Å². The van der Waals surface area contributed by atoms with Crippen LogP contribution in [0.15, 0.2) is 29.2 Å². The Bertz CT molecular complexity index is 601. The highest BCUT2D eigenvalue weighted by Crippen LogP contribution is 2.27. The van der Waals surface area contributed by atoms with E-state index in [4.69, 9.17) is 0 Å². The van der Waals surface area contributed by atoms with E-state index in [1.165, 1.54) is 25.0 Å². The third kappa shape index (κ3) is 6.87. The molecule has 130 valence electrons. The molecular weight excluding hydrogens is 338 g/mol. The van der Waals surface area contributed by atoms with E-state index in [0.29, 0.717) is 12.2 Å². The third-order valence-electron chi connectivity index (χ3n) is 3.41. The van der Waals surface area contributed by atoms with Crippen LogP contribution in [0.5, 0.6) is 0 Å². The van der Waals surface area contributed by atoms with E-state index in [2.05, 4.69) is 15.4 Å². The zero-order chi connectivity index (χ0) is 16.0. The summed E-state index contributed by atoms with van der Waals surface area (Å²) in [6, 6.07) is 6.18. The Morgan fingerprint density at radius 2 is 1.87 bits per heavy atom. The molecule has 1 saturated carbocycles. The Hall–Kier alpha value is -1.15. The Kier molecular flexibility index (Phi) is 7.98. The van der Waals surface area contributed by atoms with E-state index in [1.807, 2.05) is 6.92 Å². The van der Waals surface area contributed by atoms with Crippen molar-refractivity contribution in [2.45, 2.75) is 31.1 Å². The Morgan fingerprint density at radius 3 is 2.43 bits per heavy atom. The molecule has 0 bridgehead atoms. The molecule has 2 rings (SSSR count). The number of amides is 1. The molecule has 6 nitrogen and oxygen atoms in total. The summed E-state index contributed by atoms with van der Waals surface area (Å²) in [5, 5.41) is 5.85. The number of nitrogens with one attached hydrogen (secondary N) is 3. The molecule has 3 N–H and O–H groups in total. The van der Waals surface area contributed by atoms with Crippen LogP contribution >= 0.6 is 12.4 Å². The maximum absolute atomic E-state index is 11.9. The number of benzene rings is 1. The van der Waals surface area contributed by atoms with Gasteiger partial charge in [0.2, 0.25) is 15.9 Å². The SMILES string of the molecule is CCCNS(=O)(=O)c1ccc(NC(=O)CNCC2CC2)cc1.Cl. The minimum absolute atomic E-state index is 0. The highest BCUT2D eigenvalue weighted by atomic mass is 35.5. The van der Waals surface area contributed by atoms with Crippen LogP contribution in [-0.2, 0) is 14.8 Å². The molecule has 0 spiro atoms. The van der Waals surface area contributed by atoms with E-state index in [1.54, 1.807) is 12.1 Å². The quantitative estimate of drug-likeness (QED) is 0.625. The fourth-order valence-corrected chi connectivity index (χ4v) is 3.09. The van der Waals surface area contributed by atoms with Gasteiger partial charge in [-0.1, -0.05) is 6.92 Å². The molecule has 0 unspecified atom stereocenters. The molecule has 0 aliphatic heterocycles. The predicted molar refractivity (Wildman–Crippen MR) is 93.4 cm³/mol. The Labute approximate surface area is 143 Å². The zero-order valence-corrected chi connectivity index (χ0v) is 14.8. The average Bonchev–Trinajstić information content (AvgIpc) is 3.30. The van der Waals surface area contributed by atoms with Crippen LogP contribution in [-0.4, -0.2) is 34.0 Å². The number of anilines is 1. The minimum Gasteiger partial charge on any atom is -0.325 e. The second-order valence-corrected chi connectivity index (χ2v) is 7.31. The Morgan fingerprint density at radius 1 is 1.22 bits per heavy atom. The number of hydrogen-bond donors (Lipinski definition) is 3. The van der Waals surface area contributed by atoms with Crippen LogP contribution in [0.1, 0.15) is 26.2 Å². The molecule has 1 aromatic rings. The van der Waals surface area contributed by atoms with Gasteiger partial charge in [-0.05, 0) is 56.0 Å². The van der Waals surface area contributed by atoms with Gasteiger partial charge in [0.1, 0.15) is 0 Å². The largest absolute Gasteiger partial charge is 0.325 e. The van der Waals surface area contributed by atoms with Crippen molar-refractivity contribution in [1.29, 1.82) is 0 Å². The second-order valence-electron chi connectivity index (χ2n) is 5.54. The molecule has 23 heavy (non-hydrogen) atoms. The van der Waals surface area contributed by atoms with Crippen LogP contribution in [0.4, 0.5) is 5.69 Å². The van der Waals surface area contributed by atoms with Gasteiger partial charge >= 0.3 is 0 Å². The van der Waals surface area contributed by atoms with E-state index in [9.17, 15) is 13.2 Å². The lowest BCUT2D eigenvalue weighted by atomic mass is 10.3. The summed E-state index contributed by atoms with van der Waals surface area (Å²) in [5.41, 5.74) is 0.590. The number of sulfonamides is 1. The van der Waals surface area contributed by atoms with Crippen molar-refractivity contribution in [3.8, 4) is 0 Å². The fraction of sp³-hybridized carbons (Fsp3) is 0.533. The van der Waals surface area contributed by atoms with E-state index >= 15 is 0 Å². The topological polar surface area (TPSA) is 87.3 Å². The first-order valence-corrected chi connectivity index (χ1v) is 9.10. The maximum atomic E-state index is 11.9. The number of carbonyl (C=O) groups is 1. The van der Waals surface area contributed by atoms with Gasteiger partial charge in [-0.2, -0.15) is 0 Å². The standard InChI is InChI=1S/C15H23N3O3S.ClH/c1-2-9-17-22(20,21)14-7-5-13(6-8-14)18-15(19)11-16-10-12-3-4-12;/h5-8,12,16-17H,2-4,9-11H2,1H3,(H,18,19);1H. The highest BCUT2D eigenvalue weighted by Gasteiger charge is 2.20. The lowest BCUT2D eigenvalue weighted by Gasteiger charge is -2.08. The monoisotopic (exact) mass is 361 g/mol. The summed E-state index contributed by atoms with van der Waals surface area (Å²) in [7, 11) is -3.46. The van der Waals surface area contributed by atoms with Crippen molar-refractivity contribution in [2.24, 2.45) is 5.92 Å². The molecule has 0 aromatic heterocycles. The van der Waals surface area contributed by atoms with Gasteiger partial charge in [0.05, 0.1) is 11.4 Å². The second kappa shape index (κ2) is 9.22. The lowest BCUT2D eigenvalue weighted by Crippen LogP contribution is -2.29. The molecule has 0 radical (unpaired) electrons. The molecule has 8 heteroatoms. The molecule has 1 fully saturated rings. The van der Waals surface area contributed by atoms with Crippen molar-refractivity contribution >= 4 is 34.0 Å². The summed E-state index contributed by atoms with van der Waals surface area (Å²) in [6.45, 7) is 3.47. The summed E-state index contributed by atoms with van der Waals surface area (Å²) >= 11 is 0. The van der Waals surface area contributed by atoms with Gasteiger partial charge in [0, 0.05) is 12.2 Å². The first-order valence-electron chi connectivity index (χ1n) is 7.61. The molecular formula is C15H24ClN3O3S. The molecule has 1 aliphatic carbocycles. The van der Waals surface area contributed by atoms with Crippen LogP contribution in [0.3, 0.4) is 0 Å². The number of carbonyl (C=O) groups excluding carboxylic acids is 1. The molecule has 0 saturated heterocycles. The predicted octanol–water partition coefficient (Wildman–Crippen LogP) is 1.73. The number of rotatable bonds is 9. The summed E-state index contributed by atoms with van der Waals surface area (Å²) in [6.07, 6.45) is 3.23. The molecule has 0 heterocycles. The third-order valence-corrected chi connectivity index (χ3v) is 4.88. The zero-order valence-electron chi connectivity index (χ0n) is 13.2. The van der Waals surface area contributed by atoms with Crippen LogP contribution in [0, 0.1) is 5.92 Å². The van der Waals surface area contributed by atoms with Crippen molar-refractivity contribution in [3.63, 3.8) is 0 Å². The van der Waals surface area contributed by atoms with Crippen LogP contribution in [0.2, 0.25) is 0 Å². The normalized spacial score (nSPS) is 14.1. The molecule has 1 amide bonds. The van der Waals surface area contributed by atoms with Crippen molar-refractivity contribution in [1.82, 2.24) is 10.0 Å². The number of hydrogen-bond acceptors (Lipinski definition) is 4. The fourth-order valence-electron chi connectivity index (χ4n) is 1.95. The van der Waals surface area contributed by atoms with Gasteiger partial charge < -0.3 is 10.6 Å². The van der Waals surface area contributed by atoms with E-state index in [-0.39, 0.29) is 29.8 Å². The maximum Gasteiger partial charge on any atom is 0.240 e. The Balaban J connectivity index is 0.00000264. The first-order chi connectivity index (χ1) is 10.5. The van der Waals surface area contributed by atoms with Crippen molar-refractivity contribution < 1.29 is 13.2 Å². The van der Waals surface area contributed by atoms with Gasteiger partial charge in [-0.3, -0.25) is 4.79 Å². The van der Waals surface area contributed by atoms with Gasteiger partial charge in [-0.25, -0.2) is 13.1 Å². The van der Waals surface area contributed by atoms with Gasteiger partial charge in [-0.15, -0.1) is 12.4 Å². The molecule has 1 aliphatic rings. The molecule has 0 atom stereocenters.